The minimum atomic E-state index is -4.95. The van der Waals surface area contributed by atoms with Crippen LogP contribution in [0.5, 0.6) is 0 Å². The molecule has 0 rings (SSSR count). The first kappa shape index (κ1) is 91.1. The van der Waals surface area contributed by atoms with E-state index in [-0.39, 0.29) is 25.7 Å². The molecule has 552 valence electrons. The molecule has 0 radical (unpaired) electrons. The van der Waals surface area contributed by atoms with Crippen molar-refractivity contribution in [3.8, 4) is 0 Å². The summed E-state index contributed by atoms with van der Waals surface area (Å²) < 4.78 is 68.3. The van der Waals surface area contributed by atoms with Gasteiger partial charge in [0.2, 0.25) is 0 Å². The molecule has 0 amide bonds. The molecular weight excluding hydrogens is 1220 g/mol. The molecule has 19 heteroatoms. The van der Waals surface area contributed by atoms with E-state index in [2.05, 4.69) is 55.4 Å². The minimum Gasteiger partial charge on any atom is -0.462 e. The van der Waals surface area contributed by atoms with Crippen molar-refractivity contribution in [2.75, 3.05) is 39.6 Å². The summed E-state index contributed by atoms with van der Waals surface area (Å²) >= 11 is 0. The molecule has 0 fully saturated rings. The lowest BCUT2D eigenvalue weighted by Crippen LogP contribution is -2.30. The van der Waals surface area contributed by atoms with Crippen LogP contribution in [0.1, 0.15) is 370 Å². The fourth-order valence-corrected chi connectivity index (χ4v) is 12.7. The molecular formula is C74H144O17P2. The van der Waals surface area contributed by atoms with Crippen molar-refractivity contribution in [3.05, 3.63) is 0 Å². The molecule has 6 atom stereocenters. The lowest BCUT2D eigenvalue weighted by Gasteiger charge is -2.21. The Morgan fingerprint density at radius 2 is 0.516 bits per heavy atom. The van der Waals surface area contributed by atoms with Crippen LogP contribution >= 0.6 is 15.6 Å². The zero-order chi connectivity index (χ0) is 68.9. The summed E-state index contributed by atoms with van der Waals surface area (Å²) in [6, 6.07) is 0. The van der Waals surface area contributed by atoms with Crippen molar-refractivity contribution >= 4 is 39.5 Å². The fraction of sp³-hybridized carbons (Fsp3) is 0.946. The topological polar surface area (TPSA) is 237 Å². The third-order valence-electron chi connectivity index (χ3n) is 17.4. The Balaban J connectivity index is 5.15. The summed E-state index contributed by atoms with van der Waals surface area (Å²) in [5.74, 6) is 0.864. The van der Waals surface area contributed by atoms with Crippen molar-refractivity contribution in [3.63, 3.8) is 0 Å². The normalized spacial score (nSPS) is 14.5. The molecule has 0 aromatic carbocycles. The first-order chi connectivity index (χ1) is 44.6. The van der Waals surface area contributed by atoms with Gasteiger partial charge in [-0.3, -0.25) is 37.3 Å². The summed E-state index contributed by atoms with van der Waals surface area (Å²) in [6.45, 7) is 14.1. The van der Waals surface area contributed by atoms with E-state index in [1.165, 1.54) is 167 Å². The Labute approximate surface area is 568 Å². The molecule has 3 N–H and O–H groups in total. The van der Waals surface area contributed by atoms with Crippen LogP contribution < -0.4 is 0 Å². The number of carbonyl (C=O) groups excluding carboxylic acids is 4. The molecule has 0 aliphatic heterocycles. The Kier molecular flexibility index (Phi) is 62.2. The quantitative estimate of drug-likeness (QED) is 0.0222. The van der Waals surface area contributed by atoms with E-state index in [9.17, 15) is 43.2 Å². The predicted octanol–water partition coefficient (Wildman–Crippen LogP) is 21.3. The lowest BCUT2D eigenvalue weighted by molar-refractivity contribution is -0.161. The SMILES string of the molecule is CCC(C)CCCCCCCCCCCCCCCCC(=O)O[C@H](COC(=O)CCCCCCCCC(C)C)COP(=O)(O)OC[C@H](O)COP(=O)(O)OC[C@@H](COC(=O)CCCCCCCCCCCCCCCCC(C)C)OC(=O)CCCCCCCCC(C)C. The number of unbranched alkanes of at least 4 members (excludes halogenated alkanes) is 36. The van der Waals surface area contributed by atoms with Crippen molar-refractivity contribution < 1.29 is 80.2 Å². The molecule has 3 unspecified atom stereocenters. The van der Waals surface area contributed by atoms with Gasteiger partial charge in [-0.1, -0.05) is 319 Å². The van der Waals surface area contributed by atoms with Crippen LogP contribution in [-0.2, 0) is 65.4 Å². The van der Waals surface area contributed by atoms with E-state index < -0.39 is 97.5 Å². The van der Waals surface area contributed by atoms with Gasteiger partial charge in [0.15, 0.2) is 12.2 Å². The lowest BCUT2D eigenvalue weighted by atomic mass is 9.99. The maximum absolute atomic E-state index is 13.0. The van der Waals surface area contributed by atoms with Crippen LogP contribution in [0.25, 0.3) is 0 Å². The summed E-state index contributed by atoms with van der Waals surface area (Å²) in [6.07, 6.45) is 47.5. The van der Waals surface area contributed by atoms with Crippen molar-refractivity contribution in [2.45, 2.75) is 388 Å². The van der Waals surface area contributed by atoms with Gasteiger partial charge in [-0.25, -0.2) is 9.13 Å². The van der Waals surface area contributed by atoms with Crippen LogP contribution in [0.3, 0.4) is 0 Å². The number of ether oxygens (including phenoxy) is 4. The van der Waals surface area contributed by atoms with Gasteiger partial charge in [0.05, 0.1) is 26.4 Å². The molecule has 0 aliphatic rings. The van der Waals surface area contributed by atoms with Gasteiger partial charge in [-0.2, -0.15) is 0 Å². The highest BCUT2D eigenvalue weighted by Crippen LogP contribution is 2.45. The number of phosphoric acid groups is 2. The molecule has 93 heavy (non-hydrogen) atoms. The fourth-order valence-electron chi connectivity index (χ4n) is 11.2. The number of aliphatic hydroxyl groups excluding tert-OH is 1. The van der Waals surface area contributed by atoms with Gasteiger partial charge in [0, 0.05) is 25.7 Å². The van der Waals surface area contributed by atoms with Gasteiger partial charge in [-0.15, -0.1) is 0 Å². The predicted molar refractivity (Wildman–Crippen MR) is 377 cm³/mol. The Morgan fingerprint density at radius 1 is 0.301 bits per heavy atom. The zero-order valence-electron chi connectivity index (χ0n) is 60.9. The number of esters is 4. The van der Waals surface area contributed by atoms with Gasteiger partial charge >= 0.3 is 39.5 Å². The minimum absolute atomic E-state index is 0.102. The van der Waals surface area contributed by atoms with Crippen LogP contribution in [-0.4, -0.2) is 96.7 Å². The average Bonchev–Trinajstić information content (AvgIpc) is 2.29. The Bertz CT molecular complexity index is 1840. The summed E-state index contributed by atoms with van der Waals surface area (Å²) in [7, 11) is -9.91. The third-order valence-corrected chi connectivity index (χ3v) is 19.3. The van der Waals surface area contributed by atoms with Gasteiger partial charge < -0.3 is 33.8 Å². The van der Waals surface area contributed by atoms with Crippen LogP contribution in [0.4, 0.5) is 0 Å². The molecule has 17 nitrogen and oxygen atoms in total. The number of phosphoric ester groups is 2. The molecule has 0 aromatic rings. The van der Waals surface area contributed by atoms with E-state index in [1.54, 1.807) is 0 Å². The van der Waals surface area contributed by atoms with E-state index in [0.717, 1.165) is 108 Å². The summed E-state index contributed by atoms with van der Waals surface area (Å²) in [5.41, 5.74) is 0. The average molecular weight is 1370 g/mol. The number of aliphatic hydroxyl groups is 1. The monoisotopic (exact) mass is 1370 g/mol. The molecule has 0 saturated heterocycles. The van der Waals surface area contributed by atoms with Crippen LogP contribution in [0.15, 0.2) is 0 Å². The largest absolute Gasteiger partial charge is 0.472 e. The molecule has 0 heterocycles. The Morgan fingerprint density at radius 3 is 0.763 bits per heavy atom. The first-order valence-corrected chi connectivity index (χ1v) is 41.2. The van der Waals surface area contributed by atoms with Crippen molar-refractivity contribution in [2.24, 2.45) is 23.7 Å². The molecule has 0 bridgehead atoms. The molecule has 0 spiro atoms. The number of hydrogen-bond acceptors (Lipinski definition) is 15. The smallest absolute Gasteiger partial charge is 0.462 e. The highest BCUT2D eigenvalue weighted by Gasteiger charge is 2.30. The molecule has 0 aromatic heterocycles. The second-order valence-electron chi connectivity index (χ2n) is 28.4. The molecule has 0 aliphatic carbocycles. The van der Waals surface area contributed by atoms with Crippen molar-refractivity contribution in [1.82, 2.24) is 0 Å². The second kappa shape index (κ2) is 63.5. The van der Waals surface area contributed by atoms with Gasteiger partial charge in [-0.05, 0) is 49.4 Å². The number of hydrogen-bond donors (Lipinski definition) is 3. The van der Waals surface area contributed by atoms with E-state index >= 15 is 0 Å². The number of carbonyl (C=O) groups is 4. The van der Waals surface area contributed by atoms with E-state index in [4.69, 9.17) is 37.0 Å². The first-order valence-electron chi connectivity index (χ1n) is 38.2. The summed E-state index contributed by atoms with van der Waals surface area (Å²) in [4.78, 5) is 72.6. The Hall–Kier alpha value is -1.94. The highest BCUT2D eigenvalue weighted by molar-refractivity contribution is 7.47. The van der Waals surface area contributed by atoms with E-state index in [1.807, 2.05) is 0 Å². The maximum atomic E-state index is 13.0. The second-order valence-corrected chi connectivity index (χ2v) is 31.3. The van der Waals surface area contributed by atoms with Crippen molar-refractivity contribution in [1.29, 1.82) is 0 Å². The highest BCUT2D eigenvalue weighted by atomic mass is 31.2. The summed E-state index contributed by atoms with van der Waals surface area (Å²) in [5, 5.41) is 10.6. The standard InChI is InChI=1S/C74H144O17P2/c1-9-67(8)53-45-37-27-23-19-15-11-13-17-21-25-29-40-48-56-73(78)90-69(61-85-72(77)55-47-39-32-30-35-43-51-65(4)5)62-88-92(80,81)86-58-68(75)59-87-93(82,83)89-63-70(91-74(79)57-49-41-33-31-36-44-52-66(6)7)60-84-71(76)54-46-38-28-24-20-16-12-10-14-18-22-26-34-42-50-64(2)3/h64-70,75H,9-63H2,1-8H3,(H,80,81)(H,82,83)/t67?,68-,69+,70+/m0/s1. The van der Waals surface area contributed by atoms with E-state index in [0.29, 0.717) is 37.5 Å². The van der Waals surface area contributed by atoms with Gasteiger partial charge in [0.1, 0.15) is 19.3 Å². The zero-order valence-corrected chi connectivity index (χ0v) is 62.7. The number of rotatable bonds is 71. The third kappa shape index (κ3) is 67.0. The van der Waals surface area contributed by atoms with Crippen LogP contribution in [0.2, 0.25) is 0 Å². The van der Waals surface area contributed by atoms with Crippen LogP contribution in [0, 0.1) is 23.7 Å². The maximum Gasteiger partial charge on any atom is 0.472 e. The van der Waals surface area contributed by atoms with Gasteiger partial charge in [0.25, 0.3) is 0 Å². The molecule has 0 saturated carbocycles.